The molecular weight excluding hydrogens is 419 g/mol. The van der Waals surface area contributed by atoms with Crippen LogP contribution in [0.3, 0.4) is 0 Å². The van der Waals surface area contributed by atoms with E-state index in [0.717, 1.165) is 10.9 Å². The van der Waals surface area contributed by atoms with E-state index in [9.17, 15) is 14.0 Å². The molecule has 4 rings (SSSR count). The third-order valence-electron chi connectivity index (χ3n) is 5.55. The number of rotatable bonds is 7. The molecule has 0 radical (unpaired) electrons. The van der Waals surface area contributed by atoms with Crippen LogP contribution in [0.1, 0.15) is 12.0 Å². The number of halogens is 2. The van der Waals surface area contributed by atoms with Crippen LogP contribution in [0.15, 0.2) is 54.7 Å². The summed E-state index contributed by atoms with van der Waals surface area (Å²) < 4.78 is 15.9. The zero-order valence-electron chi connectivity index (χ0n) is 17.0. The highest BCUT2D eigenvalue weighted by Crippen LogP contribution is 2.19. The second kappa shape index (κ2) is 9.49. The molecule has 1 atom stereocenters. The Bertz CT molecular complexity index is 1100. The highest BCUT2D eigenvalue weighted by molar-refractivity contribution is 6.30. The molecule has 1 aromatic heterocycles. The Labute approximate surface area is 185 Å². The Balaban J connectivity index is 1.34. The van der Waals surface area contributed by atoms with Gasteiger partial charge in [0.15, 0.2) is 0 Å². The van der Waals surface area contributed by atoms with Crippen LogP contribution in [0.25, 0.3) is 10.9 Å². The van der Waals surface area contributed by atoms with Crippen molar-refractivity contribution in [1.82, 2.24) is 20.1 Å². The standard InChI is InChI=1S/C23H24ClFN4O2/c24-18-6-5-16(13-19(18)25)15-29-12-9-27-23(31)21(29)14-22(30)26-8-11-28-10-7-17-3-1-2-4-20(17)28/h1-7,10,13,21H,8-9,11-12,14-15H2,(H,26,30)(H,27,31). The number of hydrogen-bond acceptors (Lipinski definition) is 3. The van der Waals surface area contributed by atoms with E-state index in [1.165, 1.54) is 12.1 Å². The van der Waals surface area contributed by atoms with Gasteiger partial charge in [-0.3, -0.25) is 14.5 Å². The molecule has 1 unspecified atom stereocenters. The molecule has 0 spiro atoms. The van der Waals surface area contributed by atoms with E-state index in [1.807, 2.05) is 41.4 Å². The second-order valence-corrected chi connectivity index (χ2v) is 8.05. The molecule has 0 bridgehead atoms. The van der Waals surface area contributed by atoms with Gasteiger partial charge in [0.1, 0.15) is 5.82 Å². The lowest BCUT2D eigenvalue weighted by atomic mass is 10.1. The maximum absolute atomic E-state index is 13.8. The molecule has 31 heavy (non-hydrogen) atoms. The Morgan fingerprint density at radius 2 is 2.06 bits per heavy atom. The van der Waals surface area contributed by atoms with Gasteiger partial charge in [-0.1, -0.05) is 35.9 Å². The molecule has 2 N–H and O–H groups in total. The molecule has 1 aliphatic rings. The molecule has 2 heterocycles. The lowest BCUT2D eigenvalue weighted by Gasteiger charge is -2.34. The van der Waals surface area contributed by atoms with Crippen molar-refractivity contribution in [3.63, 3.8) is 0 Å². The van der Waals surface area contributed by atoms with Gasteiger partial charge in [0.2, 0.25) is 11.8 Å². The van der Waals surface area contributed by atoms with Gasteiger partial charge < -0.3 is 15.2 Å². The summed E-state index contributed by atoms with van der Waals surface area (Å²) in [7, 11) is 0. The van der Waals surface area contributed by atoms with Crippen molar-refractivity contribution in [2.45, 2.75) is 25.6 Å². The molecule has 0 aliphatic carbocycles. The average Bonchev–Trinajstić information content (AvgIpc) is 3.16. The normalized spacial score (nSPS) is 17.0. The van der Waals surface area contributed by atoms with Crippen LogP contribution in [0.5, 0.6) is 0 Å². The first-order chi connectivity index (χ1) is 15.0. The van der Waals surface area contributed by atoms with Crippen molar-refractivity contribution < 1.29 is 14.0 Å². The number of aromatic nitrogens is 1. The van der Waals surface area contributed by atoms with Gasteiger partial charge in [-0.05, 0) is 35.2 Å². The smallest absolute Gasteiger partial charge is 0.237 e. The molecule has 0 saturated carbocycles. The number of nitrogens with one attached hydrogen (secondary N) is 2. The first-order valence-corrected chi connectivity index (χ1v) is 10.7. The molecule has 2 aromatic carbocycles. The summed E-state index contributed by atoms with van der Waals surface area (Å²) in [5.74, 6) is -0.870. The van der Waals surface area contributed by atoms with E-state index in [4.69, 9.17) is 11.6 Å². The minimum atomic E-state index is -0.597. The van der Waals surface area contributed by atoms with E-state index >= 15 is 0 Å². The minimum Gasteiger partial charge on any atom is -0.354 e. The van der Waals surface area contributed by atoms with Crippen molar-refractivity contribution in [2.75, 3.05) is 19.6 Å². The van der Waals surface area contributed by atoms with Crippen LogP contribution >= 0.6 is 11.6 Å². The third-order valence-corrected chi connectivity index (χ3v) is 5.85. The van der Waals surface area contributed by atoms with Crippen molar-refractivity contribution in [3.05, 3.63) is 71.1 Å². The van der Waals surface area contributed by atoms with Crippen LogP contribution in [0, 0.1) is 5.82 Å². The van der Waals surface area contributed by atoms with E-state index < -0.39 is 11.9 Å². The predicted molar refractivity (Wildman–Crippen MR) is 118 cm³/mol. The van der Waals surface area contributed by atoms with Crippen LogP contribution in [0.2, 0.25) is 5.02 Å². The van der Waals surface area contributed by atoms with Crippen molar-refractivity contribution in [1.29, 1.82) is 0 Å². The Kier molecular flexibility index (Phi) is 6.53. The van der Waals surface area contributed by atoms with Gasteiger partial charge in [-0.15, -0.1) is 0 Å². The molecule has 3 aromatic rings. The number of para-hydroxylation sites is 1. The van der Waals surface area contributed by atoms with Crippen molar-refractivity contribution >= 4 is 34.3 Å². The quantitative estimate of drug-likeness (QED) is 0.591. The lowest BCUT2D eigenvalue weighted by molar-refractivity contribution is -0.134. The molecule has 1 saturated heterocycles. The largest absolute Gasteiger partial charge is 0.354 e. The summed E-state index contributed by atoms with van der Waals surface area (Å²) in [6.45, 7) is 2.56. The first-order valence-electron chi connectivity index (χ1n) is 10.3. The van der Waals surface area contributed by atoms with Gasteiger partial charge in [0.25, 0.3) is 0 Å². The number of fused-ring (bicyclic) bond motifs is 1. The topological polar surface area (TPSA) is 66.4 Å². The SMILES string of the molecule is O=C(CC1C(=O)NCCN1Cc1ccc(Cl)c(F)c1)NCCn1ccc2ccccc21. The van der Waals surface area contributed by atoms with Crippen molar-refractivity contribution in [2.24, 2.45) is 0 Å². The fraction of sp³-hybridized carbons (Fsp3) is 0.304. The number of amides is 2. The van der Waals surface area contributed by atoms with Gasteiger partial charge in [-0.2, -0.15) is 0 Å². The Hall–Kier alpha value is -2.90. The lowest BCUT2D eigenvalue weighted by Crippen LogP contribution is -2.56. The van der Waals surface area contributed by atoms with E-state index in [2.05, 4.69) is 15.2 Å². The van der Waals surface area contributed by atoms with Gasteiger partial charge >= 0.3 is 0 Å². The summed E-state index contributed by atoms with van der Waals surface area (Å²) in [6, 6.07) is 14.1. The van der Waals surface area contributed by atoms with E-state index in [-0.39, 0.29) is 23.3 Å². The van der Waals surface area contributed by atoms with Gasteiger partial charge in [-0.25, -0.2) is 4.39 Å². The fourth-order valence-electron chi connectivity index (χ4n) is 3.94. The molecule has 8 heteroatoms. The third kappa shape index (κ3) is 5.06. The maximum atomic E-state index is 13.8. The highest BCUT2D eigenvalue weighted by Gasteiger charge is 2.31. The Morgan fingerprint density at radius 3 is 2.90 bits per heavy atom. The van der Waals surface area contributed by atoms with E-state index in [0.29, 0.717) is 38.3 Å². The van der Waals surface area contributed by atoms with Gasteiger partial charge in [0, 0.05) is 44.4 Å². The molecular formula is C23H24ClFN4O2. The Morgan fingerprint density at radius 1 is 1.23 bits per heavy atom. The highest BCUT2D eigenvalue weighted by atomic mass is 35.5. The number of benzene rings is 2. The number of carbonyl (C=O) groups excluding carboxylic acids is 2. The van der Waals surface area contributed by atoms with Crippen LogP contribution < -0.4 is 10.6 Å². The number of hydrogen-bond donors (Lipinski definition) is 2. The molecule has 1 aliphatic heterocycles. The zero-order valence-corrected chi connectivity index (χ0v) is 17.7. The summed E-state index contributed by atoms with van der Waals surface area (Å²) in [5, 5.41) is 6.94. The maximum Gasteiger partial charge on any atom is 0.237 e. The summed E-state index contributed by atoms with van der Waals surface area (Å²) in [4.78, 5) is 26.9. The number of piperazine rings is 1. The van der Waals surface area contributed by atoms with Gasteiger partial charge in [0.05, 0.1) is 17.5 Å². The summed E-state index contributed by atoms with van der Waals surface area (Å²) >= 11 is 5.75. The van der Waals surface area contributed by atoms with Crippen LogP contribution in [0.4, 0.5) is 4.39 Å². The summed E-state index contributed by atoms with van der Waals surface area (Å²) in [5.41, 5.74) is 1.83. The zero-order chi connectivity index (χ0) is 21.8. The number of nitrogens with zero attached hydrogens (tertiary/aromatic N) is 2. The summed E-state index contributed by atoms with van der Waals surface area (Å²) in [6.07, 6.45) is 2.05. The second-order valence-electron chi connectivity index (χ2n) is 7.65. The first kappa shape index (κ1) is 21.3. The molecule has 1 fully saturated rings. The number of carbonyl (C=O) groups is 2. The minimum absolute atomic E-state index is 0.0499. The molecule has 2 amide bonds. The predicted octanol–water partition coefficient (Wildman–Crippen LogP) is 2.94. The van der Waals surface area contributed by atoms with Crippen molar-refractivity contribution in [3.8, 4) is 0 Å². The monoisotopic (exact) mass is 442 g/mol. The average molecular weight is 443 g/mol. The molecule has 6 nitrogen and oxygen atoms in total. The fourth-order valence-corrected chi connectivity index (χ4v) is 4.06. The van der Waals surface area contributed by atoms with E-state index in [1.54, 1.807) is 6.07 Å². The van der Waals surface area contributed by atoms with Crippen LogP contribution in [-0.4, -0.2) is 47.0 Å². The molecule has 162 valence electrons. The van der Waals surface area contributed by atoms with Crippen LogP contribution in [-0.2, 0) is 22.7 Å².